The number of aliphatic hydroxyl groups is 2. The van der Waals surface area contributed by atoms with Gasteiger partial charge in [0.1, 0.15) is 5.60 Å². The normalized spacial score (nSPS) is 36.6. The summed E-state index contributed by atoms with van der Waals surface area (Å²) in [4.78, 5) is 56.7. The van der Waals surface area contributed by atoms with E-state index in [4.69, 9.17) is 4.74 Å². The van der Waals surface area contributed by atoms with Crippen molar-refractivity contribution in [2.24, 2.45) is 28.6 Å². The summed E-state index contributed by atoms with van der Waals surface area (Å²) in [5.74, 6) is -1.18. The number of Topliss-reactive ketones (excluding diaryl/α,β-unsaturated/α-hetero) is 1. The number of ketones is 2. The number of amides is 1. The van der Waals surface area contributed by atoms with Crippen LogP contribution in [-0.4, -0.2) is 68.5 Å². The largest absolute Gasteiger partial charge is 0.458 e. The SMILES string of the molecule is C[C@]12CCC(=O)C=C1CC[C@@H]1[C@H]2[C@@H](O)C[C@@]2(C)[C@H]1CC[C@]2(O)C(=O)COC(=O)CCC(=O)NCCc1cnc[nH]1. The highest BCUT2D eigenvalue weighted by Gasteiger charge is 2.68. The van der Waals surface area contributed by atoms with Gasteiger partial charge >= 0.3 is 5.97 Å². The summed E-state index contributed by atoms with van der Waals surface area (Å²) in [6, 6.07) is 0. The van der Waals surface area contributed by atoms with Crippen LogP contribution in [0.3, 0.4) is 0 Å². The van der Waals surface area contributed by atoms with Gasteiger partial charge in [0.15, 0.2) is 12.4 Å². The second-order valence-corrected chi connectivity index (χ2v) is 12.7. The fourth-order valence-corrected chi connectivity index (χ4v) is 8.55. The third-order valence-electron chi connectivity index (χ3n) is 10.7. The molecule has 218 valence electrons. The van der Waals surface area contributed by atoms with Crippen LogP contribution in [0.25, 0.3) is 0 Å². The van der Waals surface area contributed by atoms with E-state index in [9.17, 15) is 29.4 Å². The number of nitrogens with zero attached hydrogens (tertiary/aromatic N) is 1. The number of carbonyl (C=O) groups is 4. The number of aliphatic hydroxyl groups excluding tert-OH is 1. The molecule has 5 rings (SSSR count). The van der Waals surface area contributed by atoms with Gasteiger partial charge in [0.25, 0.3) is 0 Å². The lowest BCUT2D eigenvalue weighted by atomic mass is 9.45. The molecule has 0 aromatic carbocycles. The zero-order valence-electron chi connectivity index (χ0n) is 23.4. The number of hydrogen-bond acceptors (Lipinski definition) is 8. The van der Waals surface area contributed by atoms with Crippen molar-refractivity contribution in [2.75, 3.05) is 13.2 Å². The van der Waals surface area contributed by atoms with E-state index in [0.717, 1.165) is 30.5 Å². The van der Waals surface area contributed by atoms with Gasteiger partial charge in [0.05, 0.1) is 18.9 Å². The van der Waals surface area contributed by atoms with Gasteiger partial charge in [-0.2, -0.15) is 0 Å². The number of imidazole rings is 1. The van der Waals surface area contributed by atoms with E-state index in [1.54, 1.807) is 18.6 Å². The first kappa shape index (κ1) is 28.7. The number of rotatable bonds is 9. The first-order chi connectivity index (χ1) is 19.0. The quantitative estimate of drug-likeness (QED) is 0.338. The van der Waals surface area contributed by atoms with Crippen molar-refractivity contribution in [2.45, 2.75) is 89.8 Å². The molecular weight excluding hydrogens is 514 g/mol. The maximum absolute atomic E-state index is 13.4. The Kier molecular flexibility index (Phi) is 7.78. The molecule has 4 aliphatic carbocycles. The molecule has 1 aromatic rings. The lowest BCUT2D eigenvalue weighted by Crippen LogP contribution is -2.62. The van der Waals surface area contributed by atoms with Crippen molar-refractivity contribution >= 4 is 23.4 Å². The third kappa shape index (κ3) is 4.93. The van der Waals surface area contributed by atoms with Crippen LogP contribution in [0.5, 0.6) is 0 Å². The van der Waals surface area contributed by atoms with Crippen LogP contribution in [0.1, 0.15) is 77.3 Å². The summed E-state index contributed by atoms with van der Waals surface area (Å²) < 4.78 is 5.21. The van der Waals surface area contributed by atoms with Crippen LogP contribution in [0.2, 0.25) is 0 Å². The van der Waals surface area contributed by atoms with E-state index in [0.29, 0.717) is 25.8 Å². The molecule has 0 radical (unpaired) electrons. The highest BCUT2D eigenvalue weighted by atomic mass is 16.5. The van der Waals surface area contributed by atoms with Crippen LogP contribution in [-0.2, 0) is 30.3 Å². The summed E-state index contributed by atoms with van der Waals surface area (Å²) in [5, 5.41) is 26.0. The van der Waals surface area contributed by atoms with E-state index in [1.165, 1.54) is 0 Å². The van der Waals surface area contributed by atoms with Crippen LogP contribution in [0.4, 0.5) is 0 Å². The van der Waals surface area contributed by atoms with Crippen molar-refractivity contribution in [3.05, 3.63) is 29.9 Å². The smallest absolute Gasteiger partial charge is 0.306 e. The van der Waals surface area contributed by atoms with Crippen molar-refractivity contribution in [3.8, 4) is 0 Å². The zero-order chi connectivity index (χ0) is 28.7. The number of hydrogen-bond donors (Lipinski definition) is 4. The first-order valence-corrected chi connectivity index (χ1v) is 14.5. The van der Waals surface area contributed by atoms with Crippen LogP contribution in [0, 0.1) is 28.6 Å². The Morgan fingerprint density at radius 1 is 1.18 bits per heavy atom. The molecule has 0 unspecified atom stereocenters. The Morgan fingerprint density at radius 3 is 2.73 bits per heavy atom. The molecule has 7 atom stereocenters. The maximum Gasteiger partial charge on any atom is 0.306 e. The number of H-pyrrole nitrogens is 1. The summed E-state index contributed by atoms with van der Waals surface area (Å²) in [6.07, 6.45) is 8.71. The van der Waals surface area contributed by atoms with Gasteiger partial charge in [-0.15, -0.1) is 0 Å². The first-order valence-electron chi connectivity index (χ1n) is 14.5. The number of fused-ring (bicyclic) bond motifs is 5. The number of carbonyl (C=O) groups excluding carboxylic acids is 4. The molecule has 0 aliphatic heterocycles. The molecule has 1 heterocycles. The Labute approximate surface area is 234 Å². The summed E-state index contributed by atoms with van der Waals surface area (Å²) in [6.45, 7) is 3.91. The molecule has 10 heteroatoms. The Balaban J connectivity index is 1.16. The number of allylic oxidation sites excluding steroid dienone is 1. The molecule has 1 amide bonds. The molecule has 0 bridgehead atoms. The van der Waals surface area contributed by atoms with E-state index >= 15 is 0 Å². The van der Waals surface area contributed by atoms with Crippen molar-refractivity contribution in [1.29, 1.82) is 0 Å². The lowest BCUT2D eigenvalue weighted by molar-refractivity contribution is -0.184. The van der Waals surface area contributed by atoms with Crippen LogP contribution in [0.15, 0.2) is 24.2 Å². The van der Waals surface area contributed by atoms with E-state index < -0.39 is 35.5 Å². The van der Waals surface area contributed by atoms with E-state index in [-0.39, 0.29) is 60.5 Å². The minimum Gasteiger partial charge on any atom is -0.458 e. The molecule has 3 fully saturated rings. The molecule has 4 aliphatic rings. The number of aromatic amines is 1. The molecule has 0 spiro atoms. The second kappa shape index (κ2) is 10.9. The fraction of sp³-hybridized carbons (Fsp3) is 0.700. The fourth-order valence-electron chi connectivity index (χ4n) is 8.55. The Morgan fingerprint density at radius 2 is 1.98 bits per heavy atom. The highest BCUT2D eigenvalue weighted by Crippen LogP contribution is 2.67. The molecule has 3 saturated carbocycles. The average Bonchev–Trinajstić information content (AvgIpc) is 3.52. The maximum atomic E-state index is 13.4. The average molecular weight is 556 g/mol. The molecule has 10 nitrogen and oxygen atoms in total. The van der Waals surface area contributed by atoms with Gasteiger partial charge in [0.2, 0.25) is 11.7 Å². The molecule has 40 heavy (non-hydrogen) atoms. The monoisotopic (exact) mass is 555 g/mol. The topological polar surface area (TPSA) is 159 Å². The number of esters is 1. The number of ether oxygens (including phenoxy) is 1. The highest BCUT2D eigenvalue weighted by molar-refractivity contribution is 5.92. The third-order valence-corrected chi connectivity index (χ3v) is 10.7. The predicted octanol–water partition coefficient (Wildman–Crippen LogP) is 2.19. The number of aromatic nitrogens is 2. The molecule has 4 N–H and O–H groups in total. The molecule has 1 aromatic heterocycles. The minimum atomic E-state index is -1.70. The van der Waals surface area contributed by atoms with Gasteiger partial charge < -0.3 is 25.3 Å². The number of nitrogens with one attached hydrogen (secondary N) is 2. The minimum absolute atomic E-state index is 0.0143. The van der Waals surface area contributed by atoms with Gasteiger partial charge in [-0.3, -0.25) is 19.2 Å². The molecular formula is C30H41N3O7. The van der Waals surface area contributed by atoms with Gasteiger partial charge in [-0.1, -0.05) is 19.4 Å². The predicted molar refractivity (Wildman–Crippen MR) is 144 cm³/mol. The Hall–Kier alpha value is -2.85. The van der Waals surface area contributed by atoms with Gasteiger partial charge in [0, 0.05) is 43.1 Å². The summed E-state index contributed by atoms with van der Waals surface area (Å²) in [7, 11) is 0. The molecule has 0 saturated heterocycles. The van der Waals surface area contributed by atoms with Gasteiger partial charge in [-0.25, -0.2) is 4.98 Å². The van der Waals surface area contributed by atoms with Crippen molar-refractivity contribution < 1.29 is 34.1 Å². The van der Waals surface area contributed by atoms with Crippen molar-refractivity contribution in [3.63, 3.8) is 0 Å². The summed E-state index contributed by atoms with van der Waals surface area (Å²) >= 11 is 0. The standard InChI is InChI=1S/C30H41N3O7/c1-28-10-7-20(34)13-18(28)3-4-21-22-8-11-30(39,29(22,2)14-23(35)27(21)28)24(36)16-40-26(38)6-5-25(37)32-12-9-19-15-31-17-33-19/h13,15,17,21-23,27,35,39H,3-12,14,16H2,1-2H3,(H,31,33)(H,32,37)/t21-,22-,23-,27-,28-,29-,30-/m0/s1. The lowest BCUT2D eigenvalue weighted by Gasteiger charge is -2.60. The summed E-state index contributed by atoms with van der Waals surface area (Å²) in [5.41, 5.74) is -0.759. The van der Waals surface area contributed by atoms with Gasteiger partial charge in [-0.05, 0) is 67.8 Å². The van der Waals surface area contributed by atoms with E-state index in [1.807, 2.05) is 6.92 Å². The van der Waals surface area contributed by atoms with Crippen LogP contribution >= 0.6 is 0 Å². The van der Waals surface area contributed by atoms with E-state index in [2.05, 4.69) is 22.2 Å². The Bertz CT molecular complexity index is 1200. The van der Waals surface area contributed by atoms with Crippen molar-refractivity contribution in [1.82, 2.24) is 15.3 Å². The zero-order valence-corrected chi connectivity index (χ0v) is 23.4. The second-order valence-electron chi connectivity index (χ2n) is 12.7. The van der Waals surface area contributed by atoms with Crippen LogP contribution < -0.4 is 5.32 Å².